The van der Waals surface area contributed by atoms with Gasteiger partial charge in [-0.05, 0) is 55.4 Å². The number of carbonyl (C=O) groups is 2. The molecule has 2 aromatic heterocycles. The van der Waals surface area contributed by atoms with E-state index in [4.69, 9.17) is 32.7 Å². The summed E-state index contributed by atoms with van der Waals surface area (Å²) < 4.78 is 71.8. The van der Waals surface area contributed by atoms with Crippen molar-refractivity contribution in [1.29, 1.82) is 0 Å². The first-order valence-electron chi connectivity index (χ1n) is 15.5. The van der Waals surface area contributed by atoms with Gasteiger partial charge in [0, 0.05) is 43.6 Å². The van der Waals surface area contributed by atoms with Crippen LogP contribution < -0.4 is 14.2 Å². The van der Waals surface area contributed by atoms with Crippen molar-refractivity contribution >= 4 is 56.9 Å². The third-order valence-electron chi connectivity index (χ3n) is 8.37. The lowest BCUT2D eigenvalue weighted by Crippen LogP contribution is -2.40. The molecule has 1 N–H and O–H groups in total. The molecular formula is C31H32Cl2F2N4O8S2. The minimum atomic E-state index is -4.26. The Bertz CT molecular complexity index is 1800. The molecular weight excluding hydrogens is 729 g/mol. The van der Waals surface area contributed by atoms with Crippen LogP contribution in [-0.2, 0) is 26.0 Å². The summed E-state index contributed by atoms with van der Waals surface area (Å²) in [6.45, 7) is -1.68. The molecule has 1 amide bonds. The topological polar surface area (TPSA) is 145 Å². The summed E-state index contributed by atoms with van der Waals surface area (Å²) in [7, 11) is -4.26. The maximum atomic E-state index is 13.8. The Hall–Kier alpha value is -3.31. The fourth-order valence-electron chi connectivity index (χ4n) is 5.62. The number of hydrogen-bond acceptors (Lipinski definition) is 9. The van der Waals surface area contributed by atoms with Gasteiger partial charge < -0.3 is 29.3 Å². The van der Waals surface area contributed by atoms with Gasteiger partial charge >= 0.3 is 12.6 Å². The van der Waals surface area contributed by atoms with Crippen LogP contribution in [0.25, 0.3) is 0 Å². The van der Waals surface area contributed by atoms with E-state index in [0.717, 1.165) is 54.1 Å². The average molecular weight is 762 g/mol. The van der Waals surface area contributed by atoms with E-state index in [1.165, 1.54) is 30.5 Å². The van der Waals surface area contributed by atoms with Crippen molar-refractivity contribution in [3.63, 3.8) is 0 Å². The minimum absolute atomic E-state index is 0.000380. The molecule has 6 rings (SSSR count). The summed E-state index contributed by atoms with van der Waals surface area (Å²) in [5, 5.41) is 10.6. The summed E-state index contributed by atoms with van der Waals surface area (Å²) in [4.78, 5) is 30.9. The lowest BCUT2D eigenvalue weighted by Gasteiger charge is -2.25. The normalized spacial score (nSPS) is 19.0. The van der Waals surface area contributed by atoms with E-state index in [0.29, 0.717) is 23.4 Å². The van der Waals surface area contributed by atoms with E-state index >= 15 is 0 Å². The Balaban J connectivity index is 1.28. The van der Waals surface area contributed by atoms with Crippen LogP contribution in [0.1, 0.15) is 53.4 Å². The molecule has 264 valence electrons. The molecule has 2 atom stereocenters. The number of H-pyrrole nitrogens is 1. The van der Waals surface area contributed by atoms with E-state index in [2.05, 4.69) is 9.72 Å². The maximum Gasteiger partial charge on any atom is 0.387 e. The van der Waals surface area contributed by atoms with E-state index in [1.807, 2.05) is 0 Å². The molecule has 1 aromatic carbocycles. The van der Waals surface area contributed by atoms with Gasteiger partial charge in [-0.3, -0.25) is 4.79 Å². The molecule has 12 nitrogen and oxygen atoms in total. The van der Waals surface area contributed by atoms with Crippen molar-refractivity contribution in [3.05, 3.63) is 74.9 Å². The Morgan fingerprint density at radius 3 is 2.47 bits per heavy atom. The van der Waals surface area contributed by atoms with Crippen molar-refractivity contribution in [2.75, 3.05) is 32.0 Å². The van der Waals surface area contributed by atoms with E-state index in [9.17, 15) is 32.0 Å². The highest BCUT2D eigenvalue weighted by atomic mass is 35.5. The molecule has 0 bridgehead atoms. The number of hydrogen-bond donors (Lipinski definition) is 1. The smallest absolute Gasteiger partial charge is 0.387 e. The van der Waals surface area contributed by atoms with Gasteiger partial charge in [0.15, 0.2) is 29.3 Å². The number of ether oxygens (including phenoxy) is 3. The second-order valence-electron chi connectivity index (χ2n) is 11.8. The van der Waals surface area contributed by atoms with Gasteiger partial charge in [-0.1, -0.05) is 29.3 Å². The Labute approximate surface area is 295 Å². The second kappa shape index (κ2) is 14.9. The van der Waals surface area contributed by atoms with E-state index < -0.39 is 34.1 Å². The van der Waals surface area contributed by atoms with Crippen molar-refractivity contribution in [1.82, 2.24) is 14.2 Å². The van der Waals surface area contributed by atoms with Gasteiger partial charge in [-0.2, -0.15) is 17.8 Å². The summed E-state index contributed by atoms with van der Waals surface area (Å²) in [5.74, 6) is -0.869. The molecule has 1 aliphatic carbocycles. The average Bonchev–Trinajstić information content (AvgIpc) is 3.47. The highest BCUT2D eigenvalue weighted by Gasteiger charge is 2.43. The van der Waals surface area contributed by atoms with Crippen molar-refractivity contribution in [3.8, 4) is 11.5 Å². The van der Waals surface area contributed by atoms with Crippen LogP contribution in [-0.4, -0.2) is 78.5 Å². The van der Waals surface area contributed by atoms with Crippen LogP contribution in [0.15, 0.2) is 47.8 Å². The van der Waals surface area contributed by atoms with E-state index in [-0.39, 0.29) is 74.8 Å². The number of rotatable bonds is 13. The first kappa shape index (κ1) is 35.5. The number of nitrogens with one attached hydrogen (secondary N) is 1. The quantitative estimate of drug-likeness (QED) is 0.142. The van der Waals surface area contributed by atoms with Crippen LogP contribution in [0.4, 0.5) is 8.78 Å². The zero-order valence-corrected chi connectivity index (χ0v) is 29.0. The van der Waals surface area contributed by atoms with Gasteiger partial charge in [0.2, 0.25) is 10.0 Å². The number of benzene rings is 1. The predicted octanol–water partition coefficient (Wildman–Crippen LogP) is 5.17. The number of aromatic nitrogens is 2. The number of amides is 1. The van der Waals surface area contributed by atoms with Gasteiger partial charge in [-0.15, -0.1) is 11.8 Å². The zero-order chi connectivity index (χ0) is 34.9. The Morgan fingerprint density at radius 1 is 1.08 bits per heavy atom. The molecule has 49 heavy (non-hydrogen) atoms. The Morgan fingerprint density at radius 2 is 1.80 bits per heavy atom. The molecule has 0 radical (unpaired) electrons. The first-order chi connectivity index (χ1) is 23.4. The zero-order valence-electron chi connectivity index (χ0n) is 25.9. The number of carbonyl (C=O) groups excluding carboxylic acids is 2. The molecule has 2 saturated heterocycles. The summed E-state index contributed by atoms with van der Waals surface area (Å²) in [6, 6.07) is 5.34. The van der Waals surface area contributed by atoms with Gasteiger partial charge in [0.25, 0.3) is 5.91 Å². The van der Waals surface area contributed by atoms with Crippen LogP contribution in [0.2, 0.25) is 10.0 Å². The lowest BCUT2D eigenvalue weighted by atomic mass is 10.0. The van der Waals surface area contributed by atoms with Gasteiger partial charge in [-0.25, -0.2) is 13.2 Å². The van der Waals surface area contributed by atoms with Crippen LogP contribution >= 0.6 is 35.0 Å². The highest BCUT2D eigenvalue weighted by molar-refractivity contribution is 8.02. The Kier molecular flexibility index (Phi) is 10.8. The standard InChI is InChI=1S/C31H32Cl2F2N4O8S2/c32-22-15-38(42)16-23(33)21(22)13-26(19-5-6-25(47-31(34)35)27(11-19)45-17-18-3-4-18)46-30(41)29-39(9-10-48-29)49(43,44)20-12-24(36-14-20)28(40)37-7-1-2-8-37/h5-6,11-12,14-16,18,26,29,31,36H,1-4,7-10,13,17H2. The summed E-state index contributed by atoms with van der Waals surface area (Å²) in [5.41, 5.74) is 0.675. The van der Waals surface area contributed by atoms with E-state index in [1.54, 1.807) is 4.90 Å². The van der Waals surface area contributed by atoms with Gasteiger partial charge in [0.05, 0.1) is 6.61 Å². The third-order valence-corrected chi connectivity index (χ3v) is 12.2. The summed E-state index contributed by atoms with van der Waals surface area (Å²) >= 11 is 13.8. The number of esters is 1. The molecule has 3 aliphatic rings. The van der Waals surface area contributed by atoms with Crippen LogP contribution in [0.3, 0.4) is 0 Å². The fourth-order valence-corrected chi connectivity index (χ4v) is 9.26. The third kappa shape index (κ3) is 8.20. The maximum absolute atomic E-state index is 13.8. The molecule has 18 heteroatoms. The number of nitrogens with zero attached hydrogens (tertiary/aromatic N) is 3. The monoisotopic (exact) mass is 760 g/mol. The summed E-state index contributed by atoms with van der Waals surface area (Å²) in [6.07, 6.45) is 5.65. The molecule has 3 aromatic rings. The van der Waals surface area contributed by atoms with Crippen molar-refractivity contribution in [2.24, 2.45) is 5.92 Å². The molecule has 0 spiro atoms. The number of likely N-dealkylation sites (tertiary alicyclic amines) is 1. The molecule has 2 unspecified atom stereocenters. The number of aromatic amines is 1. The SMILES string of the molecule is O=C(OC(Cc1c(Cl)c[n+]([O-])cc1Cl)c1ccc(OC(F)F)c(OCC2CC2)c1)C1SCCN1S(=O)(=O)c1c[nH]c(C(=O)N2CCCC2)c1. The number of sulfonamides is 1. The van der Waals surface area contributed by atoms with Crippen LogP contribution in [0.5, 0.6) is 11.5 Å². The molecule has 1 saturated carbocycles. The number of thioether (sulfide) groups is 1. The van der Waals surface area contributed by atoms with Crippen LogP contribution in [0, 0.1) is 11.1 Å². The minimum Gasteiger partial charge on any atom is -0.619 e. The molecule has 2 aliphatic heterocycles. The number of pyridine rings is 1. The first-order valence-corrected chi connectivity index (χ1v) is 18.7. The molecule has 3 fully saturated rings. The predicted molar refractivity (Wildman–Crippen MR) is 175 cm³/mol. The lowest BCUT2D eigenvalue weighted by molar-refractivity contribution is -0.605. The van der Waals surface area contributed by atoms with Crippen molar-refractivity contribution < 1.29 is 45.7 Å². The second-order valence-corrected chi connectivity index (χ2v) is 15.7. The number of halogens is 4. The molecule has 4 heterocycles. The van der Waals surface area contributed by atoms with Gasteiger partial charge in [0.1, 0.15) is 26.7 Å². The largest absolute Gasteiger partial charge is 0.619 e. The fraction of sp³-hybridized carbons (Fsp3) is 0.452. The highest BCUT2D eigenvalue weighted by Crippen LogP contribution is 2.39. The number of alkyl halides is 2. The van der Waals surface area contributed by atoms with Crippen molar-refractivity contribution in [2.45, 2.75) is 55.1 Å².